The smallest absolute Gasteiger partial charge is 0.404 e. The number of aromatic nitrogens is 2. The number of hydrogen-bond donors (Lipinski definition) is 2. The molecule has 0 bridgehead atoms. The van der Waals surface area contributed by atoms with Gasteiger partial charge in [-0.15, -0.1) is 0 Å². The Balaban J connectivity index is 1.39. The third-order valence-electron chi connectivity index (χ3n) is 8.73. The van der Waals surface area contributed by atoms with Crippen LogP contribution in [0.15, 0.2) is 41.5 Å². The van der Waals surface area contributed by atoms with Crippen LogP contribution in [-0.2, 0) is 22.7 Å². The average Bonchev–Trinajstić information content (AvgIpc) is 2.90. The highest BCUT2D eigenvalue weighted by atomic mass is 16.5. The Labute approximate surface area is 230 Å². The molecule has 4 rings (SSSR count). The van der Waals surface area contributed by atoms with Gasteiger partial charge in [-0.2, -0.15) is 0 Å². The number of likely N-dealkylation sites (tertiary alicyclic amines) is 1. The predicted molar refractivity (Wildman–Crippen MR) is 149 cm³/mol. The summed E-state index contributed by atoms with van der Waals surface area (Å²) in [6, 6.07) is 8.61. The van der Waals surface area contributed by atoms with E-state index >= 15 is 0 Å². The summed E-state index contributed by atoms with van der Waals surface area (Å²) in [6.45, 7) is 7.07. The third kappa shape index (κ3) is 6.87. The first-order valence-electron chi connectivity index (χ1n) is 14.1. The fraction of sp³-hybridized carbons (Fsp3) is 0.600. The maximum Gasteiger partial charge on any atom is 0.404 e. The largest absolute Gasteiger partial charge is 0.445 e. The number of nitrogens with two attached hydrogens (primary N) is 1. The van der Waals surface area contributed by atoms with Crippen LogP contribution in [0.4, 0.5) is 4.79 Å². The highest BCUT2D eigenvalue weighted by Gasteiger charge is 2.49. The van der Waals surface area contributed by atoms with Gasteiger partial charge in [-0.25, -0.2) is 9.78 Å². The summed E-state index contributed by atoms with van der Waals surface area (Å²) < 4.78 is 6.24. The molecule has 2 aromatic rings. The number of primary amides is 1. The Morgan fingerprint density at radius 1 is 1.18 bits per heavy atom. The summed E-state index contributed by atoms with van der Waals surface area (Å²) in [5, 5.41) is 11.7. The van der Waals surface area contributed by atoms with Crippen LogP contribution in [0.25, 0.3) is 11.3 Å². The molecule has 1 aromatic carbocycles. The van der Waals surface area contributed by atoms with Crippen molar-refractivity contribution in [3.63, 3.8) is 0 Å². The number of amides is 2. The molecule has 0 spiro atoms. The molecule has 212 valence electrons. The number of rotatable bonds is 8. The predicted octanol–water partition coefficient (Wildman–Crippen LogP) is 4.10. The number of carbonyl (C=O) groups is 2. The molecule has 2 fully saturated rings. The fourth-order valence-corrected chi connectivity index (χ4v) is 6.09. The molecule has 1 saturated heterocycles. The van der Waals surface area contributed by atoms with Gasteiger partial charge in [-0.05, 0) is 24.3 Å². The van der Waals surface area contributed by atoms with Crippen molar-refractivity contribution < 1.29 is 19.4 Å². The van der Waals surface area contributed by atoms with Gasteiger partial charge in [0.1, 0.15) is 6.61 Å². The van der Waals surface area contributed by atoms with E-state index in [2.05, 4.69) is 4.98 Å². The zero-order valence-corrected chi connectivity index (χ0v) is 23.4. The molecule has 9 heteroatoms. The summed E-state index contributed by atoms with van der Waals surface area (Å²) in [7, 11) is 0. The number of hydrogen-bond acceptors (Lipinski definition) is 6. The second kappa shape index (κ2) is 11.9. The van der Waals surface area contributed by atoms with Gasteiger partial charge < -0.3 is 20.5 Å². The van der Waals surface area contributed by atoms with Crippen LogP contribution >= 0.6 is 0 Å². The Kier molecular flexibility index (Phi) is 8.79. The lowest BCUT2D eigenvalue weighted by Crippen LogP contribution is -2.61. The highest BCUT2D eigenvalue weighted by Crippen LogP contribution is 2.40. The Bertz CT molecular complexity index is 1220. The van der Waals surface area contributed by atoms with E-state index in [0.29, 0.717) is 31.1 Å². The van der Waals surface area contributed by atoms with Gasteiger partial charge in [0.25, 0.3) is 5.56 Å². The van der Waals surface area contributed by atoms with Crippen LogP contribution in [0.5, 0.6) is 0 Å². The minimum atomic E-state index is -1.16. The maximum absolute atomic E-state index is 13.3. The maximum atomic E-state index is 13.3. The third-order valence-corrected chi connectivity index (χ3v) is 8.73. The molecule has 2 unspecified atom stereocenters. The molecule has 2 heterocycles. The number of benzene rings is 1. The minimum Gasteiger partial charge on any atom is -0.445 e. The molecule has 1 aliphatic heterocycles. The van der Waals surface area contributed by atoms with Crippen LogP contribution in [0, 0.1) is 17.3 Å². The standard InChI is InChI=1S/C30H42N4O5/c1-21(15-22-7-5-4-6-8-22)27(36)33-14-13-30(38,29(2,3)18-33)19-34-20-32-25(16-26(34)35)24-11-9-23(10-12-24)17-39-28(31)37/h9-12,16,20-22,38H,4-8,13-15,17-19H2,1-3H3,(H2,31,37). The Hall–Kier alpha value is -3.20. The van der Waals surface area contributed by atoms with Gasteiger partial charge in [-0.3, -0.25) is 14.2 Å². The Morgan fingerprint density at radius 2 is 1.87 bits per heavy atom. The SMILES string of the molecule is CC(CC1CCCCC1)C(=O)N1CCC(O)(Cn2cnc(-c3ccc(COC(N)=O)cc3)cc2=O)C(C)(C)C1. The molecule has 0 radical (unpaired) electrons. The molecule has 2 atom stereocenters. The van der Waals surface area contributed by atoms with Crippen LogP contribution in [0.3, 0.4) is 0 Å². The van der Waals surface area contributed by atoms with Gasteiger partial charge in [0, 0.05) is 36.1 Å². The van der Waals surface area contributed by atoms with E-state index in [-0.39, 0.29) is 30.5 Å². The van der Waals surface area contributed by atoms with E-state index in [1.807, 2.05) is 25.7 Å². The molecule has 3 N–H and O–H groups in total. The lowest BCUT2D eigenvalue weighted by Gasteiger charge is -2.50. The van der Waals surface area contributed by atoms with E-state index in [1.54, 1.807) is 24.3 Å². The van der Waals surface area contributed by atoms with Crippen molar-refractivity contribution in [1.82, 2.24) is 14.5 Å². The average molecular weight is 539 g/mol. The van der Waals surface area contributed by atoms with Crippen molar-refractivity contribution in [3.05, 3.63) is 52.6 Å². The van der Waals surface area contributed by atoms with Crippen molar-refractivity contribution in [3.8, 4) is 11.3 Å². The zero-order valence-electron chi connectivity index (χ0n) is 23.4. The number of ether oxygens (including phenoxy) is 1. The fourth-order valence-electron chi connectivity index (χ4n) is 6.09. The number of piperidine rings is 1. The topological polar surface area (TPSA) is 128 Å². The van der Waals surface area contributed by atoms with Gasteiger partial charge in [0.15, 0.2) is 0 Å². The Morgan fingerprint density at radius 3 is 2.49 bits per heavy atom. The second-order valence-corrected chi connectivity index (χ2v) is 12.1. The van der Waals surface area contributed by atoms with Crippen LogP contribution in [0.1, 0.15) is 71.3 Å². The van der Waals surface area contributed by atoms with E-state index in [1.165, 1.54) is 49.1 Å². The molecule has 1 aromatic heterocycles. The number of aliphatic hydroxyl groups is 1. The summed E-state index contributed by atoms with van der Waals surface area (Å²) in [6.07, 6.45) is 8.26. The molecular weight excluding hydrogens is 496 g/mol. The minimum absolute atomic E-state index is 0.0146. The van der Waals surface area contributed by atoms with E-state index < -0.39 is 17.1 Å². The molecule has 1 saturated carbocycles. The quantitative estimate of drug-likeness (QED) is 0.521. The lowest BCUT2D eigenvalue weighted by molar-refractivity contribution is -0.157. The van der Waals surface area contributed by atoms with E-state index in [4.69, 9.17) is 10.5 Å². The van der Waals surface area contributed by atoms with Crippen LogP contribution < -0.4 is 11.3 Å². The molecular formula is C30H42N4O5. The lowest BCUT2D eigenvalue weighted by atomic mass is 9.69. The molecule has 2 aliphatic rings. The molecule has 2 amide bonds. The first-order valence-corrected chi connectivity index (χ1v) is 14.1. The number of nitrogens with zero attached hydrogens (tertiary/aromatic N) is 3. The van der Waals surface area contributed by atoms with Crippen molar-refractivity contribution >= 4 is 12.0 Å². The summed E-state index contributed by atoms with van der Waals surface area (Å²) in [5.74, 6) is 0.800. The summed E-state index contributed by atoms with van der Waals surface area (Å²) >= 11 is 0. The second-order valence-electron chi connectivity index (χ2n) is 12.1. The normalized spacial score (nSPS) is 22.3. The van der Waals surface area contributed by atoms with Gasteiger partial charge >= 0.3 is 6.09 Å². The van der Waals surface area contributed by atoms with Crippen molar-refractivity contribution in [2.24, 2.45) is 23.0 Å². The van der Waals surface area contributed by atoms with Gasteiger partial charge in [0.05, 0.1) is 24.2 Å². The monoisotopic (exact) mass is 538 g/mol. The molecule has 1 aliphatic carbocycles. The molecule has 39 heavy (non-hydrogen) atoms. The van der Waals surface area contributed by atoms with Crippen molar-refractivity contribution in [2.45, 2.75) is 84.5 Å². The van der Waals surface area contributed by atoms with Crippen molar-refractivity contribution in [1.29, 1.82) is 0 Å². The van der Waals surface area contributed by atoms with E-state index in [9.17, 15) is 19.5 Å². The number of carbonyl (C=O) groups excluding carboxylic acids is 2. The zero-order chi connectivity index (χ0) is 28.2. The van der Waals surface area contributed by atoms with Crippen molar-refractivity contribution in [2.75, 3.05) is 13.1 Å². The van der Waals surface area contributed by atoms with Gasteiger partial charge in [-0.1, -0.05) is 77.1 Å². The van der Waals surface area contributed by atoms with Crippen LogP contribution in [0.2, 0.25) is 0 Å². The first kappa shape index (κ1) is 28.8. The van der Waals surface area contributed by atoms with Gasteiger partial charge in [0.2, 0.25) is 5.91 Å². The van der Waals surface area contributed by atoms with Crippen LogP contribution in [-0.4, -0.2) is 50.2 Å². The summed E-state index contributed by atoms with van der Waals surface area (Å²) in [4.78, 5) is 43.5. The van der Waals surface area contributed by atoms with E-state index in [0.717, 1.165) is 17.5 Å². The summed E-state index contributed by atoms with van der Waals surface area (Å²) in [5.41, 5.74) is 5.00. The molecule has 9 nitrogen and oxygen atoms in total. The first-order chi connectivity index (χ1) is 18.5. The highest BCUT2D eigenvalue weighted by molar-refractivity contribution is 5.78.